The van der Waals surface area contributed by atoms with E-state index in [0.29, 0.717) is 6.54 Å². The van der Waals surface area contributed by atoms with Crippen molar-refractivity contribution in [1.29, 1.82) is 0 Å². The van der Waals surface area contributed by atoms with Crippen molar-refractivity contribution in [3.63, 3.8) is 0 Å². The Labute approximate surface area is 108 Å². The van der Waals surface area contributed by atoms with Gasteiger partial charge >= 0.3 is 0 Å². The summed E-state index contributed by atoms with van der Waals surface area (Å²) in [6, 6.07) is 3.83. The lowest BCUT2D eigenvalue weighted by atomic mass is 10.1. The van der Waals surface area contributed by atoms with Gasteiger partial charge in [-0.25, -0.2) is 0 Å². The standard InChI is InChI=1S/C13H21N3O2/c1-10-4-5-12(8-14-10)11(2)15-13(18)9-16(3)6-7-17/h4-5,8,11,17H,6-7,9H2,1-3H3,(H,15,18). The summed E-state index contributed by atoms with van der Waals surface area (Å²) in [5.41, 5.74) is 1.94. The van der Waals surface area contributed by atoms with Crippen LogP contribution in [0.15, 0.2) is 18.3 Å². The Kier molecular flexibility index (Phi) is 5.74. The van der Waals surface area contributed by atoms with E-state index in [9.17, 15) is 4.79 Å². The van der Waals surface area contributed by atoms with Crippen LogP contribution < -0.4 is 5.32 Å². The van der Waals surface area contributed by atoms with Gasteiger partial charge in [-0.05, 0) is 32.5 Å². The van der Waals surface area contributed by atoms with Crippen LogP contribution in [0, 0.1) is 6.92 Å². The molecular formula is C13H21N3O2. The van der Waals surface area contributed by atoms with Gasteiger partial charge in [0.25, 0.3) is 0 Å². The zero-order valence-corrected chi connectivity index (χ0v) is 11.2. The molecule has 100 valence electrons. The van der Waals surface area contributed by atoms with Gasteiger partial charge in [0.2, 0.25) is 5.91 Å². The van der Waals surface area contributed by atoms with Gasteiger partial charge in [-0.2, -0.15) is 0 Å². The van der Waals surface area contributed by atoms with Crippen LogP contribution in [0.5, 0.6) is 0 Å². The third-order valence-corrected chi connectivity index (χ3v) is 2.71. The van der Waals surface area contributed by atoms with Gasteiger partial charge in [-0.1, -0.05) is 6.07 Å². The third-order valence-electron chi connectivity index (χ3n) is 2.71. The molecule has 0 aliphatic carbocycles. The van der Waals surface area contributed by atoms with Crippen molar-refractivity contribution in [2.24, 2.45) is 0 Å². The average molecular weight is 251 g/mol. The molecule has 1 atom stereocenters. The summed E-state index contributed by atoms with van der Waals surface area (Å²) in [4.78, 5) is 17.7. The first kappa shape index (κ1) is 14.6. The van der Waals surface area contributed by atoms with E-state index < -0.39 is 0 Å². The molecule has 18 heavy (non-hydrogen) atoms. The zero-order chi connectivity index (χ0) is 13.5. The number of nitrogens with one attached hydrogen (secondary N) is 1. The minimum Gasteiger partial charge on any atom is -0.395 e. The van der Waals surface area contributed by atoms with Crippen molar-refractivity contribution in [1.82, 2.24) is 15.2 Å². The van der Waals surface area contributed by atoms with Crippen LogP contribution in [0.25, 0.3) is 0 Å². The third kappa shape index (κ3) is 4.81. The Hall–Kier alpha value is -1.46. The van der Waals surface area contributed by atoms with E-state index in [-0.39, 0.29) is 25.1 Å². The van der Waals surface area contributed by atoms with E-state index in [1.807, 2.05) is 26.0 Å². The normalized spacial score (nSPS) is 12.5. The molecule has 2 N–H and O–H groups in total. The Balaban J connectivity index is 2.46. The number of aryl methyl sites for hydroxylation is 1. The first-order valence-corrected chi connectivity index (χ1v) is 6.04. The fraction of sp³-hybridized carbons (Fsp3) is 0.538. The maximum absolute atomic E-state index is 11.7. The number of aliphatic hydroxyl groups excluding tert-OH is 1. The molecule has 5 nitrogen and oxygen atoms in total. The predicted octanol–water partition coefficient (Wildman–Crippen LogP) is 0.491. The molecule has 0 radical (unpaired) electrons. The van der Waals surface area contributed by atoms with Gasteiger partial charge in [-0.15, -0.1) is 0 Å². The Bertz CT molecular complexity index is 378. The second kappa shape index (κ2) is 7.08. The van der Waals surface area contributed by atoms with E-state index in [0.717, 1.165) is 11.3 Å². The number of carbonyl (C=O) groups is 1. The van der Waals surface area contributed by atoms with Gasteiger partial charge in [0, 0.05) is 18.4 Å². The molecule has 1 heterocycles. The molecule has 0 aromatic carbocycles. The highest BCUT2D eigenvalue weighted by molar-refractivity contribution is 5.78. The molecule has 0 aliphatic heterocycles. The van der Waals surface area contributed by atoms with Crippen molar-refractivity contribution in [2.45, 2.75) is 19.9 Å². The highest BCUT2D eigenvalue weighted by Gasteiger charge is 2.11. The van der Waals surface area contributed by atoms with Crippen LogP contribution >= 0.6 is 0 Å². The van der Waals surface area contributed by atoms with Crippen LogP contribution in [0.1, 0.15) is 24.2 Å². The Morgan fingerprint density at radius 2 is 2.28 bits per heavy atom. The second-order valence-corrected chi connectivity index (χ2v) is 4.48. The zero-order valence-electron chi connectivity index (χ0n) is 11.2. The van der Waals surface area contributed by atoms with Gasteiger partial charge in [-0.3, -0.25) is 14.7 Å². The molecule has 0 saturated carbocycles. The number of hydrogen-bond acceptors (Lipinski definition) is 4. The first-order chi connectivity index (χ1) is 8.52. The van der Waals surface area contributed by atoms with Crippen LogP contribution in [0.4, 0.5) is 0 Å². The lowest BCUT2D eigenvalue weighted by Gasteiger charge is -2.18. The lowest BCUT2D eigenvalue weighted by Crippen LogP contribution is -2.37. The number of amides is 1. The molecule has 0 fully saturated rings. The number of nitrogens with zero attached hydrogens (tertiary/aromatic N) is 2. The maximum Gasteiger partial charge on any atom is 0.234 e. The molecular weight excluding hydrogens is 230 g/mol. The first-order valence-electron chi connectivity index (χ1n) is 6.04. The van der Waals surface area contributed by atoms with Crippen LogP contribution in [-0.4, -0.2) is 47.6 Å². The smallest absolute Gasteiger partial charge is 0.234 e. The van der Waals surface area contributed by atoms with Crippen molar-refractivity contribution in [2.75, 3.05) is 26.7 Å². The van der Waals surface area contributed by atoms with Crippen molar-refractivity contribution in [3.05, 3.63) is 29.6 Å². The molecule has 1 aromatic rings. The number of carbonyl (C=O) groups excluding carboxylic acids is 1. The van der Waals surface area contributed by atoms with E-state index in [2.05, 4.69) is 10.3 Å². The summed E-state index contributed by atoms with van der Waals surface area (Å²) >= 11 is 0. The Morgan fingerprint density at radius 1 is 1.56 bits per heavy atom. The highest BCUT2D eigenvalue weighted by atomic mass is 16.3. The SMILES string of the molecule is Cc1ccc(C(C)NC(=O)CN(C)CCO)cn1. The van der Waals surface area contributed by atoms with Crippen LogP contribution in [0.2, 0.25) is 0 Å². The maximum atomic E-state index is 11.7. The predicted molar refractivity (Wildman–Crippen MR) is 70.1 cm³/mol. The second-order valence-electron chi connectivity index (χ2n) is 4.48. The number of likely N-dealkylation sites (N-methyl/N-ethyl adjacent to an activating group) is 1. The highest BCUT2D eigenvalue weighted by Crippen LogP contribution is 2.10. The van der Waals surface area contributed by atoms with Crippen LogP contribution in [-0.2, 0) is 4.79 Å². The van der Waals surface area contributed by atoms with Crippen molar-refractivity contribution < 1.29 is 9.90 Å². The van der Waals surface area contributed by atoms with E-state index in [1.54, 1.807) is 18.1 Å². The fourth-order valence-electron chi connectivity index (χ4n) is 1.60. The summed E-state index contributed by atoms with van der Waals surface area (Å²) in [6.07, 6.45) is 1.78. The summed E-state index contributed by atoms with van der Waals surface area (Å²) in [5.74, 6) is -0.0565. The number of aliphatic hydroxyl groups is 1. The molecule has 1 unspecified atom stereocenters. The van der Waals surface area contributed by atoms with Crippen molar-refractivity contribution >= 4 is 5.91 Å². The monoisotopic (exact) mass is 251 g/mol. The lowest BCUT2D eigenvalue weighted by molar-refractivity contribution is -0.122. The Morgan fingerprint density at radius 3 is 2.83 bits per heavy atom. The molecule has 1 amide bonds. The molecule has 1 rings (SSSR count). The molecule has 0 saturated heterocycles. The van der Waals surface area contributed by atoms with Gasteiger partial charge in [0.15, 0.2) is 0 Å². The van der Waals surface area contributed by atoms with E-state index >= 15 is 0 Å². The van der Waals surface area contributed by atoms with Gasteiger partial charge in [0.05, 0.1) is 19.2 Å². The van der Waals surface area contributed by atoms with Crippen LogP contribution in [0.3, 0.4) is 0 Å². The summed E-state index contributed by atoms with van der Waals surface area (Å²) < 4.78 is 0. The molecule has 0 spiro atoms. The molecule has 5 heteroatoms. The average Bonchev–Trinajstić information content (AvgIpc) is 2.29. The quantitative estimate of drug-likeness (QED) is 0.772. The summed E-state index contributed by atoms with van der Waals surface area (Å²) in [6.45, 7) is 4.69. The number of rotatable bonds is 6. The molecule has 0 bridgehead atoms. The summed E-state index contributed by atoms with van der Waals surface area (Å²) in [5, 5.41) is 11.7. The minimum absolute atomic E-state index is 0.0565. The molecule has 1 aromatic heterocycles. The molecule has 0 aliphatic rings. The van der Waals surface area contributed by atoms with E-state index in [4.69, 9.17) is 5.11 Å². The summed E-state index contributed by atoms with van der Waals surface area (Å²) in [7, 11) is 1.80. The topological polar surface area (TPSA) is 65.5 Å². The minimum atomic E-state index is -0.0619. The van der Waals surface area contributed by atoms with Gasteiger partial charge < -0.3 is 10.4 Å². The number of pyridine rings is 1. The van der Waals surface area contributed by atoms with Crippen molar-refractivity contribution in [3.8, 4) is 0 Å². The number of aromatic nitrogens is 1. The number of hydrogen-bond donors (Lipinski definition) is 2. The van der Waals surface area contributed by atoms with E-state index in [1.165, 1.54) is 0 Å². The van der Waals surface area contributed by atoms with Gasteiger partial charge in [0.1, 0.15) is 0 Å². The largest absolute Gasteiger partial charge is 0.395 e. The fourth-order valence-corrected chi connectivity index (χ4v) is 1.60.